The van der Waals surface area contributed by atoms with Crippen molar-refractivity contribution in [1.29, 1.82) is 0 Å². The van der Waals surface area contributed by atoms with E-state index in [1.807, 2.05) is 6.07 Å². The molecular weight excluding hydrogens is 382 g/mol. The average Bonchev–Trinajstić information content (AvgIpc) is 3.08. The first kappa shape index (κ1) is 20.8. The minimum Gasteiger partial charge on any atom is -0.495 e. The highest BCUT2D eigenvalue weighted by Crippen LogP contribution is 2.46. The molecule has 1 atom stereocenters. The zero-order valence-corrected chi connectivity index (χ0v) is 17.6. The van der Waals surface area contributed by atoms with Crippen LogP contribution < -0.4 is 15.4 Å². The highest BCUT2D eigenvalue weighted by molar-refractivity contribution is 6.23. The van der Waals surface area contributed by atoms with Gasteiger partial charge in [0, 0.05) is 0 Å². The number of carbonyl (C=O) groups is 3. The third-order valence-corrected chi connectivity index (χ3v) is 7.46. The number of hydrogen-bond donors (Lipinski definition) is 1. The summed E-state index contributed by atoms with van der Waals surface area (Å²) in [5.41, 5.74) is 5.93. The molecule has 162 valence electrons. The van der Waals surface area contributed by atoms with Crippen LogP contribution in [0.5, 0.6) is 5.75 Å². The number of para-hydroxylation sites is 2. The van der Waals surface area contributed by atoms with Crippen molar-refractivity contribution in [1.82, 2.24) is 4.90 Å². The number of carbonyl (C=O) groups excluding carboxylic acids is 3. The second kappa shape index (κ2) is 8.38. The van der Waals surface area contributed by atoms with E-state index < -0.39 is 11.5 Å². The molecule has 4 rings (SSSR count). The molecule has 0 radical (unpaired) electrons. The molecule has 1 aliphatic carbocycles. The quantitative estimate of drug-likeness (QED) is 0.749. The number of hydrogen-bond acceptors (Lipinski definition) is 5. The number of benzene rings is 1. The summed E-state index contributed by atoms with van der Waals surface area (Å²) in [5.74, 6) is 0.223. The van der Waals surface area contributed by atoms with Crippen LogP contribution in [-0.2, 0) is 14.4 Å². The van der Waals surface area contributed by atoms with Gasteiger partial charge in [-0.1, -0.05) is 31.4 Å². The van der Waals surface area contributed by atoms with E-state index in [2.05, 4.69) is 4.90 Å². The maximum Gasteiger partial charge on any atom is 0.251 e. The standard InChI is InChI=1S/C23H31N3O4/c1-30-19-10-6-5-9-17(19)26-20(27)15-18(21(26)28)25-13-11-23(12-14-25,22(24)29)16-7-3-2-4-8-16/h5-6,9-10,16,18H,2-4,7-8,11-15H2,1H3,(H2,24,29)/t18-/m1/s1. The fourth-order valence-electron chi connectivity index (χ4n) is 5.71. The number of imide groups is 1. The van der Waals surface area contributed by atoms with E-state index in [1.54, 1.807) is 18.2 Å². The molecule has 2 heterocycles. The van der Waals surface area contributed by atoms with E-state index in [1.165, 1.54) is 18.4 Å². The number of anilines is 1. The summed E-state index contributed by atoms with van der Waals surface area (Å²) in [6.07, 6.45) is 7.16. The Bertz CT molecular complexity index is 825. The lowest BCUT2D eigenvalue weighted by Gasteiger charge is -2.46. The third-order valence-electron chi connectivity index (χ3n) is 7.46. The molecule has 0 spiro atoms. The molecule has 2 aliphatic heterocycles. The Labute approximate surface area is 177 Å². The van der Waals surface area contributed by atoms with Gasteiger partial charge in [-0.25, -0.2) is 4.90 Å². The average molecular weight is 414 g/mol. The third kappa shape index (κ3) is 3.49. The molecule has 0 bridgehead atoms. The van der Waals surface area contributed by atoms with E-state index in [9.17, 15) is 14.4 Å². The van der Waals surface area contributed by atoms with Crippen molar-refractivity contribution in [2.45, 2.75) is 57.4 Å². The molecule has 2 saturated heterocycles. The van der Waals surface area contributed by atoms with Gasteiger partial charge in [0.25, 0.3) is 5.91 Å². The molecule has 30 heavy (non-hydrogen) atoms. The maximum atomic E-state index is 13.2. The summed E-state index contributed by atoms with van der Waals surface area (Å²) in [4.78, 5) is 41.7. The van der Waals surface area contributed by atoms with Gasteiger partial charge < -0.3 is 10.5 Å². The Morgan fingerprint density at radius 1 is 1.10 bits per heavy atom. The van der Waals surface area contributed by atoms with Gasteiger partial charge in [-0.2, -0.15) is 0 Å². The Morgan fingerprint density at radius 2 is 1.77 bits per heavy atom. The highest BCUT2D eigenvalue weighted by atomic mass is 16.5. The van der Waals surface area contributed by atoms with Crippen LogP contribution in [0, 0.1) is 11.3 Å². The molecule has 0 aromatic heterocycles. The first-order valence-corrected chi connectivity index (χ1v) is 11.0. The van der Waals surface area contributed by atoms with Gasteiger partial charge in [-0.15, -0.1) is 0 Å². The number of rotatable bonds is 5. The minimum absolute atomic E-state index is 0.157. The summed E-state index contributed by atoms with van der Waals surface area (Å²) >= 11 is 0. The number of primary amides is 1. The van der Waals surface area contributed by atoms with Crippen molar-refractivity contribution in [3.05, 3.63) is 24.3 Å². The lowest BCUT2D eigenvalue weighted by molar-refractivity contribution is -0.137. The van der Waals surface area contributed by atoms with Gasteiger partial charge in [0.15, 0.2) is 0 Å². The summed E-state index contributed by atoms with van der Waals surface area (Å²) in [6, 6.07) is 6.59. The van der Waals surface area contributed by atoms with Gasteiger partial charge >= 0.3 is 0 Å². The fourth-order valence-corrected chi connectivity index (χ4v) is 5.71. The normalized spacial score (nSPS) is 25.5. The molecule has 1 saturated carbocycles. The summed E-state index contributed by atoms with van der Waals surface area (Å²) in [6.45, 7) is 1.23. The number of likely N-dealkylation sites (tertiary alicyclic amines) is 1. The topological polar surface area (TPSA) is 92.9 Å². The molecule has 3 amide bonds. The van der Waals surface area contributed by atoms with Crippen molar-refractivity contribution >= 4 is 23.4 Å². The van der Waals surface area contributed by atoms with Crippen molar-refractivity contribution in [3.63, 3.8) is 0 Å². The first-order valence-electron chi connectivity index (χ1n) is 11.0. The largest absolute Gasteiger partial charge is 0.495 e. The molecular formula is C23H31N3O4. The highest BCUT2D eigenvalue weighted by Gasteiger charge is 2.50. The number of ether oxygens (including phenoxy) is 1. The summed E-state index contributed by atoms with van der Waals surface area (Å²) < 4.78 is 5.34. The minimum atomic E-state index is -0.486. The van der Waals surface area contributed by atoms with Crippen LogP contribution in [0.1, 0.15) is 51.4 Å². The number of nitrogens with two attached hydrogens (primary N) is 1. The lowest BCUT2D eigenvalue weighted by Crippen LogP contribution is -2.54. The van der Waals surface area contributed by atoms with E-state index in [0.717, 1.165) is 25.7 Å². The van der Waals surface area contributed by atoms with Crippen LogP contribution in [0.2, 0.25) is 0 Å². The molecule has 1 aromatic carbocycles. The van der Waals surface area contributed by atoms with Crippen LogP contribution >= 0.6 is 0 Å². The predicted octanol–water partition coefficient (Wildman–Crippen LogP) is 2.47. The van der Waals surface area contributed by atoms with Crippen LogP contribution in [0.4, 0.5) is 5.69 Å². The molecule has 7 heteroatoms. The fraction of sp³-hybridized carbons (Fsp3) is 0.609. The zero-order valence-electron chi connectivity index (χ0n) is 17.6. The summed E-state index contributed by atoms with van der Waals surface area (Å²) in [5, 5.41) is 0. The van der Waals surface area contributed by atoms with Gasteiger partial charge in [0.1, 0.15) is 5.75 Å². The maximum absolute atomic E-state index is 13.2. The molecule has 2 N–H and O–H groups in total. The zero-order chi connectivity index (χ0) is 21.3. The summed E-state index contributed by atoms with van der Waals surface area (Å²) in [7, 11) is 1.53. The second-order valence-corrected chi connectivity index (χ2v) is 8.85. The smallest absolute Gasteiger partial charge is 0.251 e. The number of amides is 3. The van der Waals surface area contributed by atoms with E-state index in [0.29, 0.717) is 43.3 Å². The molecule has 3 fully saturated rings. The molecule has 3 aliphatic rings. The van der Waals surface area contributed by atoms with E-state index in [4.69, 9.17) is 10.5 Å². The van der Waals surface area contributed by atoms with Crippen LogP contribution in [0.25, 0.3) is 0 Å². The van der Waals surface area contributed by atoms with Crippen LogP contribution in [0.3, 0.4) is 0 Å². The Balaban J connectivity index is 1.49. The number of piperidine rings is 1. The van der Waals surface area contributed by atoms with Gasteiger partial charge in [0.2, 0.25) is 11.8 Å². The van der Waals surface area contributed by atoms with Crippen molar-refractivity contribution in [2.75, 3.05) is 25.1 Å². The number of nitrogens with zero attached hydrogens (tertiary/aromatic N) is 2. The van der Waals surface area contributed by atoms with Gasteiger partial charge in [-0.05, 0) is 56.8 Å². The van der Waals surface area contributed by atoms with E-state index in [-0.39, 0.29) is 24.1 Å². The van der Waals surface area contributed by atoms with Crippen molar-refractivity contribution in [3.8, 4) is 5.75 Å². The van der Waals surface area contributed by atoms with Gasteiger partial charge in [0.05, 0.1) is 30.7 Å². The molecule has 7 nitrogen and oxygen atoms in total. The first-order chi connectivity index (χ1) is 14.5. The van der Waals surface area contributed by atoms with Crippen molar-refractivity contribution in [2.24, 2.45) is 17.1 Å². The lowest BCUT2D eigenvalue weighted by atomic mass is 9.63. The monoisotopic (exact) mass is 413 g/mol. The van der Waals surface area contributed by atoms with Crippen LogP contribution in [0.15, 0.2) is 24.3 Å². The molecule has 0 unspecified atom stereocenters. The number of methoxy groups -OCH3 is 1. The second-order valence-electron chi connectivity index (χ2n) is 8.85. The Hall–Kier alpha value is -2.41. The van der Waals surface area contributed by atoms with E-state index >= 15 is 0 Å². The predicted molar refractivity (Wildman–Crippen MR) is 113 cm³/mol. The van der Waals surface area contributed by atoms with Crippen LogP contribution in [-0.4, -0.2) is 48.9 Å². The van der Waals surface area contributed by atoms with Gasteiger partial charge in [-0.3, -0.25) is 19.3 Å². The Morgan fingerprint density at radius 3 is 2.40 bits per heavy atom. The SMILES string of the molecule is COc1ccccc1N1C(=O)C[C@@H](N2CCC(C(N)=O)(C3CCCCC3)CC2)C1=O. The Kier molecular flexibility index (Phi) is 5.82. The molecule has 1 aromatic rings. The van der Waals surface area contributed by atoms with Crippen molar-refractivity contribution < 1.29 is 19.1 Å².